The number of hydrogen-bond acceptors (Lipinski definition) is 13. The van der Waals surface area contributed by atoms with Crippen LogP contribution in [0.2, 0.25) is 0 Å². The molecule has 15 nitrogen and oxygen atoms in total. The molecule has 1 N–H and O–H groups in total. The zero-order valence-corrected chi connectivity index (χ0v) is 26.6. The van der Waals surface area contributed by atoms with Gasteiger partial charge in [-0.05, 0) is 41.4 Å². The smallest absolute Gasteiger partial charge is 0.243 e. The Hall–Kier alpha value is -3.86. The van der Waals surface area contributed by atoms with Gasteiger partial charge in [0, 0.05) is 25.6 Å². The number of anilines is 1. The summed E-state index contributed by atoms with van der Waals surface area (Å²) in [6.45, 7) is 3.12. The van der Waals surface area contributed by atoms with E-state index in [0.29, 0.717) is 0 Å². The van der Waals surface area contributed by atoms with Crippen molar-refractivity contribution in [3.8, 4) is 34.8 Å². The predicted molar refractivity (Wildman–Crippen MR) is 181 cm³/mol. The molecular formula is C23H18B9N9O6S. The maximum atomic E-state index is 13.9. The average Bonchev–Trinajstić information content (AvgIpc) is 3.34. The Kier molecular flexibility index (Phi) is 10.7. The Labute approximate surface area is 289 Å². The minimum Gasteiger partial charge on any atom is -0.501 e. The molecule has 0 aliphatic carbocycles. The Bertz CT molecular complexity index is 1820. The summed E-state index contributed by atoms with van der Waals surface area (Å²) >= 11 is 0. The first-order chi connectivity index (χ1) is 22.2. The summed E-state index contributed by atoms with van der Waals surface area (Å²) in [5.41, 5.74) is 0.309. The molecule has 0 saturated heterocycles. The van der Waals surface area contributed by atoms with Crippen LogP contribution in [0.25, 0.3) is 17.2 Å². The highest BCUT2D eigenvalue weighted by Crippen LogP contribution is 2.37. The molecule has 4 rings (SSSR count). The molecule has 4 heterocycles. The van der Waals surface area contributed by atoms with Crippen molar-refractivity contribution in [2.75, 3.05) is 11.8 Å². The van der Waals surface area contributed by atoms with Crippen LogP contribution in [0.15, 0.2) is 36.9 Å². The molecule has 0 aliphatic rings. The Balaban J connectivity index is 1.96. The lowest BCUT2D eigenvalue weighted by Crippen LogP contribution is -2.39. The van der Waals surface area contributed by atoms with E-state index in [-0.39, 0.29) is 23.2 Å². The third-order valence-electron chi connectivity index (χ3n) is 5.88. The second-order valence-electron chi connectivity index (χ2n) is 10.4. The number of aryl methyl sites for hydroxylation is 1. The average molecular weight is 646 g/mol. The van der Waals surface area contributed by atoms with E-state index >= 15 is 0 Å². The van der Waals surface area contributed by atoms with Crippen LogP contribution in [0.5, 0.6) is 17.6 Å². The van der Waals surface area contributed by atoms with E-state index in [2.05, 4.69) is 39.8 Å². The molecule has 0 unspecified atom stereocenters. The highest BCUT2D eigenvalue weighted by atomic mass is 32.2. The molecule has 0 spiro atoms. The lowest BCUT2D eigenvalue weighted by atomic mass is 9.52. The van der Waals surface area contributed by atoms with Crippen LogP contribution in [0.1, 0.15) is 24.4 Å². The van der Waals surface area contributed by atoms with Gasteiger partial charge in [0.1, 0.15) is 94.0 Å². The van der Waals surface area contributed by atoms with Crippen molar-refractivity contribution < 1.29 is 27.4 Å². The first-order valence-electron chi connectivity index (χ1n) is 13.5. The lowest BCUT2D eigenvalue weighted by Gasteiger charge is -2.28. The Morgan fingerprint density at radius 2 is 1.40 bits per heavy atom. The number of rotatable bonds is 14. The van der Waals surface area contributed by atoms with E-state index in [4.69, 9.17) is 89.6 Å². The van der Waals surface area contributed by atoms with Gasteiger partial charge in [-0.1, -0.05) is 6.07 Å². The largest absolute Gasteiger partial charge is 0.501 e. The Morgan fingerprint density at radius 3 is 1.92 bits per heavy atom. The van der Waals surface area contributed by atoms with Crippen molar-refractivity contribution in [1.29, 1.82) is 0 Å². The van der Waals surface area contributed by atoms with Crippen molar-refractivity contribution in [3.63, 3.8) is 0 Å². The monoisotopic (exact) mass is 647 g/mol. The maximum absolute atomic E-state index is 13.9. The number of aromatic nitrogens is 8. The third kappa shape index (κ3) is 9.39. The van der Waals surface area contributed by atoms with E-state index in [9.17, 15) is 8.42 Å². The van der Waals surface area contributed by atoms with Gasteiger partial charge in [-0.25, -0.2) is 27.9 Å². The molecule has 4 aromatic rings. The van der Waals surface area contributed by atoms with Crippen LogP contribution in [0.4, 0.5) is 5.95 Å². The number of nitrogens with one attached hydrogen (secondary N) is 1. The number of ether oxygens (including phenoxy) is 4. The minimum absolute atomic E-state index is 0.0367. The van der Waals surface area contributed by atoms with Crippen LogP contribution in [-0.4, -0.2) is 147 Å². The number of nitrogens with zero attached hydrogens (tertiary/aromatic N) is 8. The molecule has 0 aliphatic heterocycles. The molecule has 0 fully saturated rings. The molecule has 0 aromatic carbocycles. The van der Waals surface area contributed by atoms with Crippen molar-refractivity contribution in [3.05, 3.63) is 48.3 Å². The van der Waals surface area contributed by atoms with Gasteiger partial charge in [-0.2, -0.15) is 9.97 Å². The second kappa shape index (κ2) is 13.9. The van der Waals surface area contributed by atoms with E-state index < -0.39 is 60.7 Å². The highest BCUT2D eigenvalue weighted by Gasteiger charge is 2.36. The first-order valence-corrected chi connectivity index (χ1v) is 15.0. The summed E-state index contributed by atoms with van der Waals surface area (Å²) in [5.74, 6) is -1.84. The summed E-state index contributed by atoms with van der Waals surface area (Å²) in [4.78, 5) is 20.7. The van der Waals surface area contributed by atoms with E-state index in [1.165, 1.54) is 44.6 Å². The van der Waals surface area contributed by atoms with E-state index in [1.807, 2.05) is 0 Å². The fraction of sp³-hybridized carbons (Fsp3) is 0.348. The molecule has 224 valence electrons. The number of hydrogen-bond donors (Lipinski definition) is 1. The van der Waals surface area contributed by atoms with Crippen LogP contribution >= 0.6 is 0 Å². The van der Waals surface area contributed by atoms with Crippen molar-refractivity contribution in [1.82, 2.24) is 39.7 Å². The van der Waals surface area contributed by atoms with Crippen LogP contribution in [-0.2, 0) is 14.8 Å². The van der Waals surface area contributed by atoms with Crippen LogP contribution in [0.3, 0.4) is 0 Å². The molecule has 0 amide bonds. The molecule has 0 saturated carbocycles. The van der Waals surface area contributed by atoms with Crippen molar-refractivity contribution in [2.45, 2.75) is 41.1 Å². The van der Waals surface area contributed by atoms with Gasteiger partial charge in [-0.15, -0.1) is 10.2 Å². The summed E-state index contributed by atoms with van der Waals surface area (Å²) in [7, 11) is 47.8. The standard InChI is InChI=1S/C23H18B9N9O6S/c1-10-7-33-16(34-8-10)15(44-3)11(2)48(42,43)40-20-39-38-17(12-5-4-6-13(37-12)45-21(24,25)26)41(20)14-18(46-22(27,28)29)35-9-36-19(14)47-23(30,31)32/h4-9,11,15H,1-3H3,(H,39,40)/t11-,15-/m0/s1. The van der Waals surface area contributed by atoms with Crippen molar-refractivity contribution in [2.24, 2.45) is 0 Å². The SMILES string of the molecule is [B]C([B])([B])Oc1cccc(-c2nnc(NS(=O)(=O)[C@@H](C)[C@H](OC)c3ncc(C)cn3)n2-c2c(OC([B])([B])[B])ncnc2OC([B])([B])[B])n1. The van der Waals surface area contributed by atoms with Gasteiger partial charge in [0.15, 0.2) is 17.3 Å². The second-order valence-corrected chi connectivity index (χ2v) is 12.4. The third-order valence-corrected chi connectivity index (χ3v) is 7.57. The first kappa shape index (κ1) is 37.0. The molecule has 2 atom stereocenters. The van der Waals surface area contributed by atoms with E-state index in [1.54, 1.807) is 6.92 Å². The van der Waals surface area contributed by atoms with Crippen LogP contribution in [0, 0.1) is 6.92 Å². The van der Waals surface area contributed by atoms with E-state index in [0.717, 1.165) is 16.5 Å². The molecule has 18 radical (unpaired) electrons. The summed E-state index contributed by atoms with van der Waals surface area (Å²) < 4.78 is 52.7. The summed E-state index contributed by atoms with van der Waals surface area (Å²) in [6, 6.07) is 4.27. The van der Waals surface area contributed by atoms with Crippen molar-refractivity contribution >= 4 is 86.6 Å². The quantitative estimate of drug-likeness (QED) is 0.139. The van der Waals surface area contributed by atoms with Gasteiger partial charge >= 0.3 is 0 Å². The summed E-state index contributed by atoms with van der Waals surface area (Å²) in [5, 5.41) is -0.0269. The minimum atomic E-state index is -4.45. The van der Waals surface area contributed by atoms with Crippen LogP contribution < -0.4 is 18.9 Å². The van der Waals surface area contributed by atoms with Gasteiger partial charge in [0.05, 0.1) is 0 Å². The number of pyridine rings is 1. The topological polar surface area (TPSA) is 178 Å². The highest BCUT2D eigenvalue weighted by molar-refractivity contribution is 7.93. The zero-order chi connectivity index (χ0) is 35.7. The number of methoxy groups -OCH3 is 1. The maximum Gasteiger partial charge on any atom is 0.243 e. The lowest BCUT2D eigenvalue weighted by molar-refractivity contribution is 0.0949. The zero-order valence-electron chi connectivity index (χ0n) is 25.8. The number of sulfonamides is 1. The Morgan fingerprint density at radius 1 is 0.833 bits per heavy atom. The molecule has 25 heteroatoms. The normalized spacial score (nSPS) is 13.7. The van der Waals surface area contributed by atoms with Gasteiger partial charge < -0.3 is 18.9 Å². The fourth-order valence-corrected chi connectivity index (χ4v) is 5.10. The molecule has 4 aromatic heterocycles. The fourth-order valence-electron chi connectivity index (χ4n) is 3.97. The molecular weight excluding hydrogens is 628 g/mol. The van der Waals surface area contributed by atoms with Gasteiger partial charge in [-0.3, -0.25) is 4.72 Å². The molecule has 0 bridgehead atoms. The summed E-state index contributed by atoms with van der Waals surface area (Å²) in [6.07, 6.45) is 2.81. The van der Waals surface area contributed by atoms with Gasteiger partial charge in [0.2, 0.25) is 33.6 Å². The van der Waals surface area contributed by atoms with Gasteiger partial charge in [0.25, 0.3) is 0 Å². The predicted octanol–water partition coefficient (Wildman–Crippen LogP) is -2.78. The molecule has 48 heavy (non-hydrogen) atoms.